The number of ether oxygens (including phenoxy) is 3. The third-order valence-corrected chi connectivity index (χ3v) is 5.99. The van der Waals surface area contributed by atoms with Crippen LogP contribution in [0.3, 0.4) is 0 Å². The molecular formula is C26H20Cl2N2O4. The zero-order valence-corrected chi connectivity index (χ0v) is 19.7. The molecule has 1 aliphatic heterocycles. The highest BCUT2D eigenvalue weighted by Crippen LogP contribution is 2.44. The second kappa shape index (κ2) is 10.1. The number of nitrogens with two attached hydrogens (primary N) is 1. The molecule has 0 bridgehead atoms. The fourth-order valence-electron chi connectivity index (χ4n) is 3.67. The van der Waals surface area contributed by atoms with Crippen molar-refractivity contribution in [1.29, 1.82) is 5.26 Å². The second-order valence-corrected chi connectivity index (χ2v) is 8.35. The van der Waals surface area contributed by atoms with Crippen molar-refractivity contribution in [3.05, 3.63) is 98.9 Å². The fraction of sp³-hybridized carbons (Fsp3) is 0.154. The molecule has 0 saturated heterocycles. The summed E-state index contributed by atoms with van der Waals surface area (Å²) in [5, 5.41) is 10.5. The number of nitriles is 1. The first kappa shape index (κ1) is 23.5. The van der Waals surface area contributed by atoms with Gasteiger partial charge in [0.25, 0.3) is 0 Å². The normalized spacial score (nSPS) is 14.6. The highest BCUT2D eigenvalue weighted by molar-refractivity contribution is 6.42. The number of carbonyl (C=O) groups is 1. The van der Waals surface area contributed by atoms with Crippen LogP contribution in [0.2, 0.25) is 10.0 Å². The Morgan fingerprint density at radius 2 is 1.91 bits per heavy atom. The van der Waals surface area contributed by atoms with Crippen molar-refractivity contribution in [2.45, 2.75) is 19.3 Å². The SMILES string of the molecule is CCCOc1ccccc1C(=O)Oc1ccc2c(c1)OC(N)=C(C#N)C2c1ccc(Cl)c(Cl)c1. The second-order valence-electron chi connectivity index (χ2n) is 7.53. The zero-order chi connectivity index (χ0) is 24.2. The molecule has 2 N–H and O–H groups in total. The number of esters is 1. The van der Waals surface area contributed by atoms with Crippen LogP contribution in [0.1, 0.15) is 40.7 Å². The van der Waals surface area contributed by atoms with Gasteiger partial charge < -0.3 is 19.9 Å². The monoisotopic (exact) mass is 494 g/mol. The van der Waals surface area contributed by atoms with Crippen LogP contribution in [0.4, 0.5) is 0 Å². The highest BCUT2D eigenvalue weighted by Gasteiger charge is 2.31. The Kier molecular flexibility index (Phi) is 6.97. The molecule has 1 aliphatic rings. The molecule has 1 atom stereocenters. The van der Waals surface area contributed by atoms with Crippen molar-refractivity contribution in [2.75, 3.05) is 6.61 Å². The van der Waals surface area contributed by atoms with E-state index < -0.39 is 11.9 Å². The van der Waals surface area contributed by atoms with Crippen LogP contribution in [0.5, 0.6) is 17.2 Å². The van der Waals surface area contributed by atoms with Gasteiger partial charge >= 0.3 is 5.97 Å². The van der Waals surface area contributed by atoms with Crippen molar-refractivity contribution in [3.63, 3.8) is 0 Å². The Labute approximate surface area is 207 Å². The number of halogens is 2. The van der Waals surface area contributed by atoms with Gasteiger partial charge in [-0.05, 0) is 42.3 Å². The van der Waals surface area contributed by atoms with Gasteiger partial charge in [-0.1, -0.05) is 54.4 Å². The molecule has 8 heteroatoms. The molecular weight excluding hydrogens is 475 g/mol. The largest absolute Gasteiger partial charge is 0.493 e. The van der Waals surface area contributed by atoms with Gasteiger partial charge in [-0.25, -0.2) is 4.79 Å². The Bertz CT molecular complexity index is 1330. The molecule has 1 unspecified atom stereocenters. The summed E-state index contributed by atoms with van der Waals surface area (Å²) in [5.41, 5.74) is 8.03. The predicted octanol–water partition coefficient (Wildman–Crippen LogP) is 6.22. The van der Waals surface area contributed by atoms with E-state index in [1.54, 1.807) is 60.7 Å². The lowest BCUT2D eigenvalue weighted by atomic mass is 9.83. The molecule has 0 aromatic heterocycles. The molecule has 0 saturated carbocycles. The number of hydrogen-bond donors (Lipinski definition) is 1. The maximum atomic E-state index is 12.8. The number of hydrogen-bond acceptors (Lipinski definition) is 6. The average Bonchev–Trinajstić information content (AvgIpc) is 2.83. The molecule has 1 heterocycles. The van der Waals surface area contributed by atoms with E-state index in [1.165, 1.54) is 0 Å². The molecule has 0 aliphatic carbocycles. The molecule has 0 radical (unpaired) electrons. The Morgan fingerprint density at radius 1 is 1.12 bits per heavy atom. The summed E-state index contributed by atoms with van der Waals surface area (Å²) in [7, 11) is 0. The summed E-state index contributed by atoms with van der Waals surface area (Å²) in [6.07, 6.45) is 0.811. The quantitative estimate of drug-likeness (QED) is 0.322. The van der Waals surface area contributed by atoms with E-state index in [0.717, 1.165) is 12.0 Å². The lowest BCUT2D eigenvalue weighted by Gasteiger charge is -2.27. The van der Waals surface area contributed by atoms with E-state index in [0.29, 0.717) is 39.3 Å². The number of fused-ring (bicyclic) bond motifs is 1. The molecule has 34 heavy (non-hydrogen) atoms. The number of carbonyl (C=O) groups excluding carboxylic acids is 1. The van der Waals surface area contributed by atoms with Crippen molar-refractivity contribution in [1.82, 2.24) is 0 Å². The number of rotatable bonds is 6. The molecule has 3 aromatic rings. The van der Waals surface area contributed by atoms with Crippen LogP contribution in [-0.2, 0) is 0 Å². The molecule has 6 nitrogen and oxygen atoms in total. The van der Waals surface area contributed by atoms with Crippen molar-refractivity contribution in [2.24, 2.45) is 5.73 Å². The minimum atomic E-state index is -0.565. The maximum absolute atomic E-state index is 12.8. The minimum Gasteiger partial charge on any atom is -0.493 e. The minimum absolute atomic E-state index is 0.0344. The summed E-state index contributed by atoms with van der Waals surface area (Å²) in [6.45, 7) is 2.47. The number of para-hydroxylation sites is 1. The first-order valence-corrected chi connectivity index (χ1v) is 11.3. The Hall–Kier alpha value is -3.66. The van der Waals surface area contributed by atoms with Crippen molar-refractivity contribution in [3.8, 4) is 23.3 Å². The fourth-order valence-corrected chi connectivity index (χ4v) is 3.98. The molecule has 0 fully saturated rings. The van der Waals surface area contributed by atoms with Gasteiger partial charge in [0.2, 0.25) is 5.88 Å². The molecule has 172 valence electrons. The molecule has 0 spiro atoms. The lowest BCUT2D eigenvalue weighted by molar-refractivity contribution is 0.0730. The molecule has 4 rings (SSSR count). The van der Waals surface area contributed by atoms with E-state index >= 15 is 0 Å². The summed E-state index contributed by atoms with van der Waals surface area (Å²) in [5.74, 6) is -0.0355. The summed E-state index contributed by atoms with van der Waals surface area (Å²) >= 11 is 12.3. The van der Waals surface area contributed by atoms with Gasteiger partial charge in [-0.15, -0.1) is 0 Å². The van der Waals surface area contributed by atoms with Crippen LogP contribution >= 0.6 is 23.2 Å². The van der Waals surface area contributed by atoms with E-state index in [-0.39, 0.29) is 17.2 Å². The highest BCUT2D eigenvalue weighted by atomic mass is 35.5. The Morgan fingerprint density at radius 3 is 2.65 bits per heavy atom. The summed E-state index contributed by atoms with van der Waals surface area (Å²) in [6, 6.07) is 19.1. The number of benzene rings is 3. The van der Waals surface area contributed by atoms with Gasteiger partial charge in [-0.3, -0.25) is 0 Å². The van der Waals surface area contributed by atoms with Gasteiger partial charge in [0.1, 0.15) is 34.5 Å². The average molecular weight is 495 g/mol. The van der Waals surface area contributed by atoms with Crippen LogP contribution in [0.15, 0.2) is 72.1 Å². The van der Waals surface area contributed by atoms with E-state index in [1.807, 2.05) is 6.92 Å². The smallest absolute Gasteiger partial charge is 0.347 e. The van der Waals surface area contributed by atoms with Gasteiger partial charge in [0, 0.05) is 11.6 Å². The first-order valence-electron chi connectivity index (χ1n) is 10.5. The summed E-state index contributed by atoms with van der Waals surface area (Å²) < 4.78 is 17.0. The van der Waals surface area contributed by atoms with E-state index in [4.69, 9.17) is 43.1 Å². The van der Waals surface area contributed by atoms with Gasteiger partial charge in [0.15, 0.2) is 0 Å². The van der Waals surface area contributed by atoms with E-state index in [9.17, 15) is 10.1 Å². The maximum Gasteiger partial charge on any atom is 0.347 e. The van der Waals surface area contributed by atoms with Crippen LogP contribution < -0.4 is 19.9 Å². The first-order chi connectivity index (χ1) is 16.4. The molecule has 3 aromatic carbocycles. The lowest BCUT2D eigenvalue weighted by Crippen LogP contribution is -2.21. The number of nitrogens with zero attached hydrogens (tertiary/aromatic N) is 1. The van der Waals surface area contributed by atoms with Crippen molar-refractivity contribution < 1.29 is 19.0 Å². The number of allylic oxidation sites excluding steroid dienone is 1. The third kappa shape index (κ3) is 4.67. The predicted molar refractivity (Wildman–Crippen MR) is 129 cm³/mol. The van der Waals surface area contributed by atoms with Crippen LogP contribution in [0.25, 0.3) is 0 Å². The molecule has 0 amide bonds. The van der Waals surface area contributed by atoms with Crippen molar-refractivity contribution >= 4 is 29.2 Å². The summed E-state index contributed by atoms with van der Waals surface area (Å²) in [4.78, 5) is 12.8. The van der Waals surface area contributed by atoms with E-state index in [2.05, 4.69) is 6.07 Å². The third-order valence-electron chi connectivity index (χ3n) is 5.25. The zero-order valence-electron chi connectivity index (χ0n) is 18.2. The van der Waals surface area contributed by atoms with Crippen LogP contribution in [0, 0.1) is 11.3 Å². The van der Waals surface area contributed by atoms with Gasteiger partial charge in [-0.2, -0.15) is 5.26 Å². The van der Waals surface area contributed by atoms with Gasteiger partial charge in [0.05, 0.1) is 22.6 Å². The standard InChI is InChI=1S/C26H20Cl2N2O4/c1-2-11-32-22-6-4-3-5-18(22)26(31)33-16-8-9-17-23(13-16)34-25(30)19(14-29)24(17)15-7-10-20(27)21(28)12-15/h3-10,12-13,24H,2,11,30H2,1H3. The Balaban J connectivity index is 1.67. The topological polar surface area (TPSA) is 94.6 Å². The van der Waals surface area contributed by atoms with Crippen LogP contribution in [-0.4, -0.2) is 12.6 Å².